The van der Waals surface area contributed by atoms with Crippen LogP contribution in [0.5, 0.6) is 0 Å². The SMILES string of the molecule is CN(C)P(Cl)(Cl)=NS(=O)(=O)N=P(Cl)(Cl)N(C)C. The molecule has 0 N–H and O–H groups in total. The van der Waals surface area contributed by atoms with Crippen molar-refractivity contribution >= 4 is 67.0 Å². The van der Waals surface area contributed by atoms with Crippen LogP contribution in [0.15, 0.2) is 8.30 Å². The molecule has 0 radical (unpaired) electrons. The number of hydrogen-bond donors (Lipinski definition) is 0. The van der Waals surface area contributed by atoms with Gasteiger partial charge in [-0.25, -0.2) is 0 Å². The summed E-state index contributed by atoms with van der Waals surface area (Å²) in [5, 5.41) is 0. The van der Waals surface area contributed by atoms with Gasteiger partial charge in [-0.2, -0.15) is 8.42 Å². The van der Waals surface area contributed by atoms with Gasteiger partial charge in [-0.1, -0.05) is 0 Å². The normalized spacial score (nSPS) is 14.2. The Morgan fingerprint density at radius 3 is 1.24 bits per heavy atom. The van der Waals surface area contributed by atoms with Gasteiger partial charge >= 0.3 is 10.2 Å². The van der Waals surface area contributed by atoms with Crippen molar-refractivity contribution in [3.8, 4) is 0 Å². The van der Waals surface area contributed by atoms with Crippen molar-refractivity contribution in [1.29, 1.82) is 0 Å². The molecule has 17 heavy (non-hydrogen) atoms. The van der Waals surface area contributed by atoms with E-state index in [2.05, 4.69) is 8.30 Å². The molecule has 0 aromatic carbocycles. The van der Waals surface area contributed by atoms with Crippen molar-refractivity contribution in [3.63, 3.8) is 0 Å². The Bertz CT molecular complexity index is 440. The zero-order valence-electron chi connectivity index (χ0n) is 9.42. The first-order valence-corrected chi connectivity index (χ1v) is 12.4. The number of nitrogens with zero attached hydrogens (tertiary/aromatic N) is 4. The smallest absolute Gasteiger partial charge is 0.251 e. The number of halogens is 4. The Kier molecular flexibility index (Phi) is 6.84. The first-order valence-electron chi connectivity index (χ1n) is 3.96. The first-order chi connectivity index (χ1) is 7.30. The van der Waals surface area contributed by atoms with Gasteiger partial charge in [0.05, 0.1) is 0 Å². The minimum Gasteiger partial charge on any atom is -0.251 e. The summed E-state index contributed by atoms with van der Waals surface area (Å²) in [7, 11) is 1.76. The molecule has 0 unspecified atom stereocenters. The zero-order valence-corrected chi connectivity index (χ0v) is 15.0. The molecule has 0 saturated carbocycles. The molecule has 6 nitrogen and oxygen atoms in total. The third-order valence-electron chi connectivity index (χ3n) is 1.37. The summed E-state index contributed by atoms with van der Waals surface area (Å²) in [5.74, 6) is -6.30. The third kappa shape index (κ3) is 6.46. The Balaban J connectivity index is 5.67. The maximum absolute atomic E-state index is 11.6. The first kappa shape index (κ1) is 18.5. The molecule has 0 amide bonds. The van der Waals surface area contributed by atoms with E-state index in [0.29, 0.717) is 0 Å². The van der Waals surface area contributed by atoms with Crippen LogP contribution < -0.4 is 0 Å². The van der Waals surface area contributed by atoms with E-state index in [4.69, 9.17) is 45.0 Å². The van der Waals surface area contributed by atoms with Gasteiger partial charge in [0, 0.05) is 0 Å². The predicted molar refractivity (Wildman–Crippen MR) is 78.4 cm³/mol. The molecule has 0 aromatic heterocycles. The molecule has 0 aliphatic heterocycles. The van der Waals surface area contributed by atoms with Crippen LogP contribution in [0.2, 0.25) is 0 Å². The highest BCUT2D eigenvalue weighted by molar-refractivity contribution is 8.16. The van der Waals surface area contributed by atoms with Gasteiger partial charge in [0.2, 0.25) is 11.8 Å². The summed E-state index contributed by atoms with van der Waals surface area (Å²) in [6.45, 7) is 0. The molecule has 0 rings (SSSR count). The van der Waals surface area contributed by atoms with E-state index in [1.54, 1.807) is 0 Å². The standard InChI is InChI=1S/C4H12Cl4N4O2P2S/c1-11(2)15(5,6)9-17(13,14)10-16(7,8)12(3)4/h1-4H3. The molecular formula is C4H12Cl4N4O2P2S. The number of hydrogen-bond acceptors (Lipinski definition) is 2. The average molecular weight is 384 g/mol. The Hall–Kier alpha value is 1.49. The zero-order chi connectivity index (χ0) is 14.1. The van der Waals surface area contributed by atoms with Crippen molar-refractivity contribution in [2.45, 2.75) is 0 Å². The van der Waals surface area contributed by atoms with Gasteiger partial charge in [0.1, 0.15) is 0 Å². The molecule has 0 aliphatic rings. The van der Waals surface area contributed by atoms with Crippen molar-refractivity contribution in [3.05, 3.63) is 0 Å². The van der Waals surface area contributed by atoms with E-state index >= 15 is 0 Å². The molecule has 0 atom stereocenters. The molecule has 13 heteroatoms. The molecule has 104 valence electrons. The quantitative estimate of drug-likeness (QED) is 0.682. The van der Waals surface area contributed by atoms with Crippen molar-refractivity contribution in [2.24, 2.45) is 8.30 Å². The lowest BCUT2D eigenvalue weighted by Crippen LogP contribution is -2.04. The van der Waals surface area contributed by atoms with Crippen molar-refractivity contribution in [2.75, 3.05) is 28.2 Å². The fourth-order valence-electron chi connectivity index (χ4n) is 0.411. The van der Waals surface area contributed by atoms with Crippen LogP contribution in [0.4, 0.5) is 0 Å². The fourth-order valence-corrected chi connectivity index (χ4v) is 6.80. The van der Waals surface area contributed by atoms with Crippen LogP contribution in [0.3, 0.4) is 0 Å². The molecule has 0 bridgehead atoms. The maximum Gasteiger partial charge on any atom is 0.367 e. The second-order valence-corrected chi connectivity index (χ2v) is 15.5. The Morgan fingerprint density at radius 1 is 0.824 bits per heavy atom. The molecule has 0 spiro atoms. The van der Waals surface area contributed by atoms with Crippen LogP contribution in [-0.4, -0.2) is 45.9 Å². The van der Waals surface area contributed by atoms with Gasteiger partial charge in [0.15, 0.2) is 0 Å². The average Bonchev–Trinajstić information content (AvgIpc) is 1.98. The van der Waals surface area contributed by atoms with Crippen LogP contribution in [-0.2, 0) is 10.2 Å². The highest BCUT2D eigenvalue weighted by Crippen LogP contribution is 2.65. The summed E-state index contributed by atoms with van der Waals surface area (Å²) in [5.41, 5.74) is 0. The summed E-state index contributed by atoms with van der Waals surface area (Å²) < 4.78 is 32.4. The highest BCUT2D eigenvalue weighted by Gasteiger charge is 2.25. The van der Waals surface area contributed by atoms with Gasteiger partial charge in [-0.05, 0) is 73.2 Å². The predicted octanol–water partition coefficient (Wildman–Crippen LogP) is 4.20. The Labute approximate surface area is 121 Å². The van der Waals surface area contributed by atoms with E-state index in [0.717, 1.165) is 0 Å². The summed E-state index contributed by atoms with van der Waals surface area (Å²) in [6.07, 6.45) is 0. The molecule has 0 heterocycles. The molecule has 0 fully saturated rings. The topological polar surface area (TPSA) is 65.3 Å². The third-order valence-corrected chi connectivity index (χ3v) is 12.4. The second-order valence-electron chi connectivity index (χ2n) is 3.22. The summed E-state index contributed by atoms with van der Waals surface area (Å²) >= 11 is 23.1. The van der Waals surface area contributed by atoms with E-state index in [9.17, 15) is 8.42 Å². The van der Waals surface area contributed by atoms with Gasteiger partial charge < -0.3 is 0 Å². The van der Waals surface area contributed by atoms with Crippen molar-refractivity contribution in [1.82, 2.24) is 9.34 Å². The Morgan fingerprint density at radius 2 is 1.06 bits per heavy atom. The van der Waals surface area contributed by atoms with Gasteiger partial charge in [0.25, 0.3) is 0 Å². The van der Waals surface area contributed by atoms with Crippen LogP contribution in [0, 0.1) is 0 Å². The lowest BCUT2D eigenvalue weighted by atomic mass is 11.3. The highest BCUT2D eigenvalue weighted by atomic mass is 35.9. The van der Waals surface area contributed by atoms with Crippen LogP contribution in [0.25, 0.3) is 0 Å². The van der Waals surface area contributed by atoms with E-state index in [1.807, 2.05) is 0 Å². The van der Waals surface area contributed by atoms with Crippen LogP contribution >= 0.6 is 56.8 Å². The second kappa shape index (κ2) is 6.29. The molecule has 0 aromatic rings. The fraction of sp³-hybridized carbons (Fsp3) is 1.00. The monoisotopic (exact) mass is 382 g/mol. The lowest BCUT2D eigenvalue weighted by Gasteiger charge is -2.17. The molecule has 0 aliphatic carbocycles. The maximum atomic E-state index is 11.6. The summed E-state index contributed by atoms with van der Waals surface area (Å²) in [6, 6.07) is 0. The molecular weight excluding hydrogens is 372 g/mol. The van der Waals surface area contributed by atoms with E-state index in [1.165, 1.54) is 37.5 Å². The van der Waals surface area contributed by atoms with E-state index < -0.39 is 22.0 Å². The largest absolute Gasteiger partial charge is 0.367 e. The molecule has 0 saturated heterocycles. The van der Waals surface area contributed by atoms with Gasteiger partial charge in [-0.15, -0.1) is 8.30 Å². The van der Waals surface area contributed by atoms with Crippen LogP contribution in [0.1, 0.15) is 0 Å². The van der Waals surface area contributed by atoms with Crippen molar-refractivity contribution < 1.29 is 8.42 Å². The van der Waals surface area contributed by atoms with Gasteiger partial charge in [-0.3, -0.25) is 9.34 Å². The minimum absolute atomic E-state index is 1.29. The minimum atomic E-state index is -4.25. The summed E-state index contributed by atoms with van der Waals surface area (Å²) in [4.78, 5) is 0. The van der Waals surface area contributed by atoms with E-state index in [-0.39, 0.29) is 0 Å². The number of rotatable bonds is 4. The lowest BCUT2D eigenvalue weighted by molar-refractivity contribution is 0.599.